The van der Waals surface area contributed by atoms with Crippen molar-refractivity contribution in [2.45, 2.75) is 31.9 Å². The molecule has 0 bridgehead atoms. The molecule has 2 aromatic carbocycles. The standard InChI is InChI=1S/C18H19F2N.C2HF3O2/c1-12-11-21-7-6-14-3-2-13(9-17(12)14)8-15-10-16(19)4-5-18(15)20;3-2(4,5)1(6)7/h2-5,9-10,12,21H,6-8,11H2,1H3;(H,6,7)/t12-;/m1./s1. The number of aliphatic carboxylic acids is 1. The quantitative estimate of drug-likeness (QED) is 0.732. The van der Waals surface area contributed by atoms with E-state index in [1.54, 1.807) is 0 Å². The zero-order valence-corrected chi connectivity index (χ0v) is 15.1. The van der Waals surface area contributed by atoms with E-state index in [0.29, 0.717) is 17.9 Å². The van der Waals surface area contributed by atoms with Crippen molar-refractivity contribution < 1.29 is 31.9 Å². The second-order valence-corrected chi connectivity index (χ2v) is 6.60. The zero-order valence-electron chi connectivity index (χ0n) is 15.1. The van der Waals surface area contributed by atoms with Gasteiger partial charge in [0, 0.05) is 13.0 Å². The maximum Gasteiger partial charge on any atom is 0.490 e. The number of hydrogen-bond donors (Lipinski definition) is 2. The van der Waals surface area contributed by atoms with Crippen molar-refractivity contribution in [3.63, 3.8) is 0 Å². The van der Waals surface area contributed by atoms with Gasteiger partial charge in [-0.05, 0) is 59.3 Å². The van der Waals surface area contributed by atoms with Gasteiger partial charge >= 0.3 is 12.1 Å². The van der Waals surface area contributed by atoms with E-state index in [4.69, 9.17) is 9.90 Å². The minimum atomic E-state index is -5.08. The van der Waals surface area contributed by atoms with Crippen LogP contribution in [-0.4, -0.2) is 30.3 Å². The molecule has 8 heteroatoms. The fourth-order valence-electron chi connectivity index (χ4n) is 2.99. The number of benzene rings is 2. The van der Waals surface area contributed by atoms with Crippen LogP contribution in [0.4, 0.5) is 22.0 Å². The third-order valence-electron chi connectivity index (χ3n) is 4.41. The number of carboxylic acid groups (broad SMARTS) is 1. The Balaban J connectivity index is 0.000000345. The van der Waals surface area contributed by atoms with Gasteiger partial charge in [-0.1, -0.05) is 25.1 Å². The number of nitrogens with one attached hydrogen (secondary N) is 1. The average molecular weight is 401 g/mol. The van der Waals surface area contributed by atoms with Gasteiger partial charge in [0.15, 0.2) is 0 Å². The molecule has 2 N–H and O–H groups in total. The van der Waals surface area contributed by atoms with Crippen LogP contribution in [0.5, 0.6) is 0 Å². The van der Waals surface area contributed by atoms with Crippen LogP contribution in [0, 0.1) is 11.6 Å². The largest absolute Gasteiger partial charge is 0.490 e. The van der Waals surface area contributed by atoms with Crippen LogP contribution in [0.1, 0.15) is 35.1 Å². The molecule has 0 aromatic heterocycles. The van der Waals surface area contributed by atoms with Gasteiger partial charge in [0.05, 0.1) is 0 Å². The maximum absolute atomic E-state index is 13.8. The molecule has 28 heavy (non-hydrogen) atoms. The number of rotatable bonds is 2. The van der Waals surface area contributed by atoms with Gasteiger partial charge < -0.3 is 10.4 Å². The molecule has 1 aliphatic rings. The van der Waals surface area contributed by atoms with E-state index in [9.17, 15) is 22.0 Å². The normalized spacial score (nSPS) is 16.4. The van der Waals surface area contributed by atoms with Crippen molar-refractivity contribution in [3.05, 3.63) is 70.3 Å². The number of hydrogen-bond acceptors (Lipinski definition) is 2. The molecule has 0 radical (unpaired) electrons. The first-order chi connectivity index (χ1) is 13.1. The van der Waals surface area contributed by atoms with Crippen LogP contribution in [0.25, 0.3) is 0 Å². The minimum absolute atomic E-state index is 0.346. The monoisotopic (exact) mass is 401 g/mol. The van der Waals surface area contributed by atoms with Crippen molar-refractivity contribution in [2.24, 2.45) is 0 Å². The van der Waals surface area contributed by atoms with E-state index in [1.807, 2.05) is 6.07 Å². The van der Waals surface area contributed by atoms with Crippen molar-refractivity contribution in [3.8, 4) is 0 Å². The average Bonchev–Trinajstić information content (AvgIpc) is 2.80. The van der Waals surface area contributed by atoms with E-state index in [1.165, 1.54) is 23.3 Å². The fourth-order valence-corrected chi connectivity index (χ4v) is 2.99. The molecule has 152 valence electrons. The highest BCUT2D eigenvalue weighted by molar-refractivity contribution is 5.73. The molecular weight excluding hydrogens is 381 g/mol. The summed E-state index contributed by atoms with van der Waals surface area (Å²) in [5.41, 5.74) is 4.13. The number of halogens is 5. The predicted molar refractivity (Wildman–Crippen MR) is 94.3 cm³/mol. The lowest BCUT2D eigenvalue weighted by atomic mass is 9.91. The molecule has 1 aliphatic heterocycles. The smallest absolute Gasteiger partial charge is 0.475 e. The number of alkyl halides is 3. The Morgan fingerprint density at radius 2 is 1.86 bits per heavy atom. The number of carbonyl (C=O) groups is 1. The lowest BCUT2D eigenvalue weighted by Crippen LogP contribution is -2.21. The minimum Gasteiger partial charge on any atom is -0.475 e. The second-order valence-electron chi connectivity index (χ2n) is 6.60. The van der Waals surface area contributed by atoms with Crippen LogP contribution in [0.3, 0.4) is 0 Å². The van der Waals surface area contributed by atoms with E-state index in [2.05, 4.69) is 24.4 Å². The SMILES string of the molecule is C[C@@H]1CNCCc2ccc(Cc3cc(F)ccc3F)cc21.O=C(O)C(F)(F)F. The summed E-state index contributed by atoms with van der Waals surface area (Å²) >= 11 is 0. The molecule has 0 amide bonds. The van der Waals surface area contributed by atoms with Gasteiger partial charge in [0.25, 0.3) is 0 Å². The predicted octanol–water partition coefficient (Wildman–Crippen LogP) is 4.44. The molecule has 0 fully saturated rings. The van der Waals surface area contributed by atoms with Crippen LogP contribution in [-0.2, 0) is 17.6 Å². The zero-order chi connectivity index (χ0) is 20.9. The summed E-state index contributed by atoms with van der Waals surface area (Å²) < 4.78 is 58.8. The summed E-state index contributed by atoms with van der Waals surface area (Å²) in [6.07, 6.45) is -3.63. The van der Waals surface area contributed by atoms with Crippen LogP contribution >= 0.6 is 0 Å². The Morgan fingerprint density at radius 1 is 1.18 bits per heavy atom. The third-order valence-corrected chi connectivity index (χ3v) is 4.41. The lowest BCUT2D eigenvalue weighted by Gasteiger charge is -2.14. The van der Waals surface area contributed by atoms with E-state index < -0.39 is 18.0 Å². The van der Waals surface area contributed by atoms with Gasteiger partial charge in [0.2, 0.25) is 0 Å². The van der Waals surface area contributed by atoms with Crippen molar-refractivity contribution >= 4 is 5.97 Å². The second kappa shape index (κ2) is 9.14. The molecule has 0 aliphatic carbocycles. The molecule has 3 rings (SSSR count). The Labute approximate surface area is 159 Å². The molecule has 2 aromatic rings. The Hall–Kier alpha value is -2.48. The molecule has 0 saturated carbocycles. The van der Waals surface area contributed by atoms with Crippen LogP contribution < -0.4 is 5.32 Å². The Kier molecular flexibility index (Phi) is 7.12. The molecular formula is C20H20F5NO2. The summed E-state index contributed by atoms with van der Waals surface area (Å²) in [5.74, 6) is -3.05. The maximum atomic E-state index is 13.8. The topological polar surface area (TPSA) is 49.3 Å². The van der Waals surface area contributed by atoms with Gasteiger partial charge in [-0.3, -0.25) is 0 Å². The molecule has 0 spiro atoms. The summed E-state index contributed by atoms with van der Waals surface area (Å²) in [4.78, 5) is 8.90. The van der Waals surface area contributed by atoms with Gasteiger partial charge in [0.1, 0.15) is 11.6 Å². The van der Waals surface area contributed by atoms with Crippen LogP contribution in [0.2, 0.25) is 0 Å². The molecule has 1 atom stereocenters. The molecule has 1 heterocycles. The molecule has 0 unspecified atom stereocenters. The highest BCUT2D eigenvalue weighted by Crippen LogP contribution is 2.25. The highest BCUT2D eigenvalue weighted by atomic mass is 19.4. The van der Waals surface area contributed by atoms with E-state index in [-0.39, 0.29) is 5.82 Å². The number of fused-ring (bicyclic) bond motifs is 1. The van der Waals surface area contributed by atoms with Gasteiger partial charge in [-0.15, -0.1) is 0 Å². The first-order valence-corrected chi connectivity index (χ1v) is 8.64. The molecule has 0 saturated heterocycles. The fraction of sp³-hybridized carbons (Fsp3) is 0.350. The first kappa shape index (κ1) is 21.8. The van der Waals surface area contributed by atoms with Crippen molar-refractivity contribution in [1.29, 1.82) is 0 Å². The summed E-state index contributed by atoms with van der Waals surface area (Å²) in [5, 5.41) is 10.5. The highest BCUT2D eigenvalue weighted by Gasteiger charge is 2.38. The van der Waals surface area contributed by atoms with Crippen molar-refractivity contribution in [2.75, 3.05) is 13.1 Å². The van der Waals surface area contributed by atoms with Crippen molar-refractivity contribution in [1.82, 2.24) is 5.32 Å². The molecule has 3 nitrogen and oxygen atoms in total. The number of carboxylic acids is 1. The lowest BCUT2D eigenvalue weighted by molar-refractivity contribution is -0.192. The van der Waals surface area contributed by atoms with E-state index >= 15 is 0 Å². The van der Waals surface area contributed by atoms with Crippen LogP contribution in [0.15, 0.2) is 36.4 Å². The first-order valence-electron chi connectivity index (χ1n) is 8.64. The summed E-state index contributed by atoms with van der Waals surface area (Å²) in [6.45, 7) is 4.16. The van der Waals surface area contributed by atoms with Gasteiger partial charge in [-0.25, -0.2) is 13.6 Å². The Bertz CT molecular complexity index is 836. The van der Waals surface area contributed by atoms with E-state index in [0.717, 1.165) is 31.1 Å². The summed E-state index contributed by atoms with van der Waals surface area (Å²) in [6, 6.07) is 9.94. The van der Waals surface area contributed by atoms with Gasteiger partial charge in [-0.2, -0.15) is 13.2 Å². The third kappa shape index (κ3) is 6.02. The Morgan fingerprint density at radius 3 is 2.50 bits per heavy atom. The summed E-state index contributed by atoms with van der Waals surface area (Å²) in [7, 11) is 0.